The van der Waals surface area contributed by atoms with Gasteiger partial charge in [-0.2, -0.15) is 0 Å². The van der Waals surface area contributed by atoms with E-state index in [4.69, 9.17) is 0 Å². The molecule has 0 saturated carbocycles. The maximum absolute atomic E-state index is 9.20. The van der Waals surface area contributed by atoms with Crippen LogP contribution >= 0.6 is 0 Å². The van der Waals surface area contributed by atoms with Gasteiger partial charge in [0.25, 0.3) is 0 Å². The highest BCUT2D eigenvalue weighted by atomic mass is 16.3. The quantitative estimate of drug-likeness (QED) is 0.661. The van der Waals surface area contributed by atoms with Crippen LogP contribution in [0.5, 0.6) is 0 Å². The maximum Gasteiger partial charge on any atom is 0.0794 e. The van der Waals surface area contributed by atoms with Crippen molar-refractivity contribution in [1.82, 2.24) is 9.80 Å². The molecule has 1 atom stereocenters. The summed E-state index contributed by atoms with van der Waals surface area (Å²) in [5.41, 5.74) is 0. The summed E-state index contributed by atoms with van der Waals surface area (Å²) >= 11 is 0. The smallest absolute Gasteiger partial charge is 0.0794 e. The topological polar surface area (TPSA) is 26.7 Å². The fourth-order valence-corrected chi connectivity index (χ4v) is 2.32. The van der Waals surface area contributed by atoms with Gasteiger partial charge in [0.05, 0.1) is 6.10 Å². The second-order valence-corrected chi connectivity index (χ2v) is 4.64. The Kier molecular flexibility index (Phi) is 2.58. The van der Waals surface area contributed by atoms with Crippen LogP contribution in [-0.4, -0.2) is 59.3 Å². The van der Waals surface area contributed by atoms with Crippen molar-refractivity contribution < 1.29 is 5.11 Å². The molecule has 2 fully saturated rings. The molecule has 0 amide bonds. The van der Waals surface area contributed by atoms with Crippen LogP contribution in [0.15, 0.2) is 0 Å². The molecule has 0 aromatic rings. The summed E-state index contributed by atoms with van der Waals surface area (Å²) in [4.78, 5) is 4.93. The molecule has 76 valence electrons. The Morgan fingerprint density at radius 1 is 1.23 bits per heavy atom. The van der Waals surface area contributed by atoms with Crippen LogP contribution in [0.4, 0.5) is 0 Å². The second kappa shape index (κ2) is 3.56. The first-order chi connectivity index (χ1) is 6.16. The standard InChI is InChI=1S/C10H20N2O/c1-8(2)11-4-3-9(5-11)12-6-10(13)7-12/h8-10,13H,3-7H2,1-2H3. The predicted octanol–water partition coefficient (Wildman–Crippen LogP) is 0.146. The van der Waals surface area contributed by atoms with E-state index in [-0.39, 0.29) is 6.10 Å². The predicted molar refractivity (Wildman–Crippen MR) is 52.7 cm³/mol. The van der Waals surface area contributed by atoms with E-state index in [0.717, 1.165) is 13.1 Å². The largest absolute Gasteiger partial charge is 0.390 e. The van der Waals surface area contributed by atoms with Crippen LogP contribution < -0.4 is 0 Å². The Hall–Kier alpha value is -0.120. The summed E-state index contributed by atoms with van der Waals surface area (Å²) in [7, 11) is 0. The average molecular weight is 184 g/mol. The molecule has 0 bridgehead atoms. The molecule has 2 aliphatic rings. The van der Waals surface area contributed by atoms with Gasteiger partial charge in [0, 0.05) is 38.3 Å². The molecule has 2 saturated heterocycles. The summed E-state index contributed by atoms with van der Waals surface area (Å²) in [6.07, 6.45) is 1.23. The zero-order valence-electron chi connectivity index (χ0n) is 8.61. The molecule has 1 unspecified atom stereocenters. The maximum atomic E-state index is 9.20. The number of aliphatic hydroxyl groups excluding tert-OH is 1. The normalized spacial score (nSPS) is 32.8. The molecule has 2 aliphatic heterocycles. The minimum absolute atomic E-state index is 0.0481. The zero-order chi connectivity index (χ0) is 9.42. The van der Waals surface area contributed by atoms with Crippen LogP contribution in [0.25, 0.3) is 0 Å². The van der Waals surface area contributed by atoms with E-state index in [1.165, 1.54) is 19.5 Å². The first kappa shape index (κ1) is 9.44. The van der Waals surface area contributed by atoms with E-state index < -0.39 is 0 Å². The molecule has 0 radical (unpaired) electrons. The lowest BCUT2D eigenvalue weighted by molar-refractivity contribution is -0.0226. The van der Waals surface area contributed by atoms with Gasteiger partial charge in [0.2, 0.25) is 0 Å². The lowest BCUT2D eigenvalue weighted by Crippen LogP contribution is -2.56. The van der Waals surface area contributed by atoms with E-state index in [1.807, 2.05) is 0 Å². The van der Waals surface area contributed by atoms with Crippen molar-refractivity contribution in [2.24, 2.45) is 0 Å². The van der Waals surface area contributed by atoms with Crippen molar-refractivity contribution in [1.29, 1.82) is 0 Å². The van der Waals surface area contributed by atoms with Gasteiger partial charge in [-0.05, 0) is 20.3 Å². The average Bonchev–Trinajstić information content (AvgIpc) is 2.46. The monoisotopic (exact) mass is 184 g/mol. The van der Waals surface area contributed by atoms with Gasteiger partial charge in [-0.3, -0.25) is 9.80 Å². The third kappa shape index (κ3) is 1.87. The number of aliphatic hydroxyl groups is 1. The molecule has 2 heterocycles. The summed E-state index contributed by atoms with van der Waals surface area (Å²) < 4.78 is 0. The number of nitrogens with zero attached hydrogens (tertiary/aromatic N) is 2. The van der Waals surface area contributed by atoms with E-state index in [0.29, 0.717) is 12.1 Å². The highest BCUT2D eigenvalue weighted by Gasteiger charge is 2.35. The van der Waals surface area contributed by atoms with Crippen LogP contribution in [0.1, 0.15) is 20.3 Å². The lowest BCUT2D eigenvalue weighted by atomic mass is 10.1. The Morgan fingerprint density at radius 3 is 2.38 bits per heavy atom. The van der Waals surface area contributed by atoms with E-state index >= 15 is 0 Å². The minimum atomic E-state index is -0.0481. The van der Waals surface area contributed by atoms with Crippen LogP contribution in [-0.2, 0) is 0 Å². The van der Waals surface area contributed by atoms with Gasteiger partial charge in [0.15, 0.2) is 0 Å². The highest BCUT2D eigenvalue weighted by Crippen LogP contribution is 2.22. The van der Waals surface area contributed by atoms with Crippen molar-refractivity contribution in [2.45, 2.75) is 38.5 Å². The Bertz CT molecular complexity index is 178. The molecule has 0 aromatic carbocycles. The number of likely N-dealkylation sites (tertiary alicyclic amines) is 2. The molecule has 1 N–H and O–H groups in total. The molecule has 3 nitrogen and oxygen atoms in total. The fourth-order valence-electron chi connectivity index (χ4n) is 2.32. The van der Waals surface area contributed by atoms with Crippen molar-refractivity contribution in [3.8, 4) is 0 Å². The van der Waals surface area contributed by atoms with Gasteiger partial charge in [-0.15, -0.1) is 0 Å². The van der Waals surface area contributed by atoms with Crippen molar-refractivity contribution in [3.63, 3.8) is 0 Å². The van der Waals surface area contributed by atoms with E-state index in [2.05, 4.69) is 23.6 Å². The van der Waals surface area contributed by atoms with Crippen molar-refractivity contribution in [3.05, 3.63) is 0 Å². The fraction of sp³-hybridized carbons (Fsp3) is 1.00. The van der Waals surface area contributed by atoms with Crippen LogP contribution in [0.3, 0.4) is 0 Å². The van der Waals surface area contributed by atoms with Crippen molar-refractivity contribution in [2.75, 3.05) is 26.2 Å². The molecular weight excluding hydrogens is 164 g/mol. The first-order valence-corrected chi connectivity index (χ1v) is 5.33. The van der Waals surface area contributed by atoms with Gasteiger partial charge in [0.1, 0.15) is 0 Å². The number of rotatable bonds is 2. The van der Waals surface area contributed by atoms with E-state index in [9.17, 15) is 5.11 Å². The third-order valence-corrected chi connectivity index (χ3v) is 3.33. The van der Waals surface area contributed by atoms with Crippen LogP contribution in [0, 0.1) is 0 Å². The summed E-state index contributed by atoms with van der Waals surface area (Å²) in [6, 6.07) is 1.39. The molecule has 13 heavy (non-hydrogen) atoms. The number of hydrogen-bond acceptors (Lipinski definition) is 3. The summed E-state index contributed by atoms with van der Waals surface area (Å²) in [5, 5.41) is 9.20. The lowest BCUT2D eigenvalue weighted by Gasteiger charge is -2.40. The second-order valence-electron chi connectivity index (χ2n) is 4.64. The van der Waals surface area contributed by atoms with E-state index in [1.54, 1.807) is 0 Å². The molecular formula is C10H20N2O. The highest BCUT2D eigenvalue weighted by molar-refractivity contribution is 4.91. The first-order valence-electron chi connectivity index (χ1n) is 5.33. The SMILES string of the molecule is CC(C)N1CCC(N2CC(O)C2)C1. The third-order valence-electron chi connectivity index (χ3n) is 3.33. The Morgan fingerprint density at radius 2 is 1.92 bits per heavy atom. The summed E-state index contributed by atoms with van der Waals surface area (Å²) in [5.74, 6) is 0. The molecule has 0 spiro atoms. The Balaban J connectivity index is 1.78. The zero-order valence-corrected chi connectivity index (χ0v) is 8.61. The summed E-state index contributed by atoms with van der Waals surface area (Å²) in [6.45, 7) is 8.74. The molecule has 3 heteroatoms. The Labute approximate surface area is 80.3 Å². The molecule has 2 rings (SSSR count). The number of β-amino-alcohol motifs (C(OH)–C–C–N with tert-alkyl or cyclic N) is 1. The van der Waals surface area contributed by atoms with Gasteiger partial charge in [-0.1, -0.05) is 0 Å². The van der Waals surface area contributed by atoms with Gasteiger partial charge in [-0.25, -0.2) is 0 Å². The van der Waals surface area contributed by atoms with Gasteiger partial charge >= 0.3 is 0 Å². The number of hydrogen-bond donors (Lipinski definition) is 1. The van der Waals surface area contributed by atoms with Crippen molar-refractivity contribution >= 4 is 0 Å². The molecule has 0 aromatic heterocycles. The van der Waals surface area contributed by atoms with Gasteiger partial charge < -0.3 is 5.11 Å². The minimum Gasteiger partial charge on any atom is -0.390 e. The van der Waals surface area contributed by atoms with Crippen LogP contribution in [0.2, 0.25) is 0 Å². The molecule has 0 aliphatic carbocycles.